The van der Waals surface area contributed by atoms with Crippen LogP contribution in [0.4, 0.5) is 0 Å². The van der Waals surface area contributed by atoms with E-state index >= 15 is 0 Å². The number of hydrogen-bond donors (Lipinski definition) is 1. The van der Waals surface area contributed by atoms with E-state index in [1.54, 1.807) is 17.5 Å². The Morgan fingerprint density at radius 1 is 1.25 bits per heavy atom. The molecule has 0 radical (unpaired) electrons. The van der Waals surface area contributed by atoms with Crippen LogP contribution >= 0.6 is 27.3 Å². The third kappa shape index (κ3) is 4.48. The molecule has 0 saturated carbocycles. The van der Waals surface area contributed by atoms with Gasteiger partial charge in [0, 0.05) is 21.6 Å². The molecule has 3 nitrogen and oxygen atoms in total. The maximum Gasteiger partial charge on any atom is 0.157 e. The SMILES string of the molecule is O=S(O)Cc1ccc(C(=Cc2cccc(Br)c2)c2nccs2)cc1. The van der Waals surface area contributed by atoms with Crippen LogP contribution in [-0.4, -0.2) is 13.7 Å². The first-order valence-corrected chi connectivity index (χ1v) is 10.1. The average Bonchev–Trinajstić information content (AvgIpc) is 3.07. The number of nitrogens with zero attached hydrogens (tertiary/aromatic N) is 1. The molecule has 3 rings (SSSR count). The highest BCUT2D eigenvalue weighted by Gasteiger charge is 2.09. The van der Waals surface area contributed by atoms with Crippen molar-refractivity contribution in [3.05, 3.63) is 86.3 Å². The summed E-state index contributed by atoms with van der Waals surface area (Å²) in [6.45, 7) is 0. The van der Waals surface area contributed by atoms with Crippen molar-refractivity contribution in [3.63, 3.8) is 0 Å². The second-order valence-corrected chi connectivity index (χ2v) is 7.85. The van der Waals surface area contributed by atoms with Crippen molar-refractivity contribution in [2.75, 3.05) is 0 Å². The highest BCUT2D eigenvalue weighted by Crippen LogP contribution is 2.28. The van der Waals surface area contributed by atoms with E-state index in [-0.39, 0.29) is 5.75 Å². The molecule has 0 fully saturated rings. The van der Waals surface area contributed by atoms with Crippen LogP contribution in [-0.2, 0) is 16.8 Å². The minimum atomic E-state index is -1.83. The van der Waals surface area contributed by atoms with Crippen molar-refractivity contribution in [2.24, 2.45) is 0 Å². The Hall–Kier alpha value is -1.60. The van der Waals surface area contributed by atoms with E-state index < -0.39 is 11.1 Å². The normalized spacial score (nSPS) is 13.0. The fourth-order valence-corrected chi connectivity index (χ4v) is 3.88. The van der Waals surface area contributed by atoms with Gasteiger partial charge in [0.1, 0.15) is 5.01 Å². The summed E-state index contributed by atoms with van der Waals surface area (Å²) in [6, 6.07) is 15.8. The van der Waals surface area contributed by atoms with Crippen LogP contribution in [0.5, 0.6) is 0 Å². The lowest BCUT2D eigenvalue weighted by Crippen LogP contribution is -1.94. The van der Waals surface area contributed by atoms with Gasteiger partial charge in [0.2, 0.25) is 0 Å². The monoisotopic (exact) mass is 419 g/mol. The smallest absolute Gasteiger partial charge is 0.157 e. The van der Waals surface area contributed by atoms with E-state index in [4.69, 9.17) is 4.55 Å². The van der Waals surface area contributed by atoms with Gasteiger partial charge in [-0.1, -0.05) is 52.3 Å². The van der Waals surface area contributed by atoms with Crippen LogP contribution in [0, 0.1) is 0 Å². The van der Waals surface area contributed by atoms with Crippen molar-refractivity contribution < 1.29 is 8.76 Å². The first-order chi connectivity index (χ1) is 11.6. The predicted octanol–water partition coefficient (Wildman–Crippen LogP) is 5.22. The Morgan fingerprint density at radius 2 is 2.04 bits per heavy atom. The Balaban J connectivity index is 2.01. The lowest BCUT2D eigenvalue weighted by Gasteiger charge is -2.07. The summed E-state index contributed by atoms with van der Waals surface area (Å²) in [7, 11) is 0. The molecule has 3 aromatic rings. The Labute approximate surface area is 155 Å². The van der Waals surface area contributed by atoms with E-state index in [0.717, 1.165) is 31.7 Å². The van der Waals surface area contributed by atoms with Gasteiger partial charge in [-0.15, -0.1) is 11.3 Å². The fraction of sp³-hybridized carbons (Fsp3) is 0.0556. The van der Waals surface area contributed by atoms with Gasteiger partial charge in [0.05, 0.1) is 5.75 Å². The van der Waals surface area contributed by atoms with Crippen LogP contribution in [0.1, 0.15) is 21.7 Å². The lowest BCUT2D eigenvalue weighted by atomic mass is 10.0. The third-order valence-electron chi connectivity index (χ3n) is 3.38. The third-order valence-corrected chi connectivity index (χ3v) is 5.26. The van der Waals surface area contributed by atoms with Crippen LogP contribution in [0.3, 0.4) is 0 Å². The quantitative estimate of drug-likeness (QED) is 0.455. The van der Waals surface area contributed by atoms with Gasteiger partial charge in [-0.25, -0.2) is 9.19 Å². The molecule has 1 N–H and O–H groups in total. The fourth-order valence-electron chi connectivity index (χ4n) is 2.31. The minimum absolute atomic E-state index is 0.141. The maximum absolute atomic E-state index is 10.9. The number of rotatable bonds is 5. The van der Waals surface area contributed by atoms with E-state index in [1.165, 1.54) is 0 Å². The molecule has 1 aromatic heterocycles. The molecule has 0 saturated heterocycles. The summed E-state index contributed by atoms with van der Waals surface area (Å²) in [5.41, 5.74) is 3.97. The zero-order valence-corrected chi connectivity index (χ0v) is 15.8. The highest BCUT2D eigenvalue weighted by atomic mass is 79.9. The van der Waals surface area contributed by atoms with Gasteiger partial charge in [-0.05, 0) is 34.9 Å². The van der Waals surface area contributed by atoms with Crippen LogP contribution in [0.15, 0.2) is 64.6 Å². The summed E-state index contributed by atoms with van der Waals surface area (Å²) < 4.78 is 21.0. The van der Waals surface area contributed by atoms with Crippen LogP contribution in [0.2, 0.25) is 0 Å². The Morgan fingerprint density at radius 3 is 2.67 bits per heavy atom. The second-order valence-electron chi connectivity index (χ2n) is 5.11. The molecule has 2 aromatic carbocycles. The topological polar surface area (TPSA) is 50.2 Å². The highest BCUT2D eigenvalue weighted by molar-refractivity contribution is 9.10. The van der Waals surface area contributed by atoms with Crippen LogP contribution < -0.4 is 0 Å². The van der Waals surface area contributed by atoms with Gasteiger partial charge < -0.3 is 4.55 Å². The Kier molecular flexibility index (Phi) is 5.73. The maximum atomic E-state index is 10.9. The molecule has 122 valence electrons. The molecule has 0 spiro atoms. The van der Waals surface area contributed by atoms with Gasteiger partial charge >= 0.3 is 0 Å². The Bertz CT molecular complexity index is 874. The molecule has 6 heteroatoms. The largest absolute Gasteiger partial charge is 0.306 e. The van der Waals surface area contributed by atoms with E-state index in [0.29, 0.717) is 0 Å². The molecule has 0 aliphatic carbocycles. The molecule has 0 aliphatic rings. The van der Waals surface area contributed by atoms with Crippen molar-refractivity contribution in [1.82, 2.24) is 4.98 Å². The number of benzene rings is 2. The molecule has 0 aliphatic heterocycles. The number of halogens is 1. The number of aromatic nitrogens is 1. The average molecular weight is 420 g/mol. The number of hydrogen-bond acceptors (Lipinski definition) is 3. The number of thiazole rings is 1. The standard InChI is InChI=1S/C18H14BrNO2S2/c19-16-3-1-2-14(10-16)11-17(18-20-8-9-23-18)15-6-4-13(5-7-15)12-24(21)22/h1-11H,12H2,(H,21,22). The zero-order chi connectivity index (χ0) is 16.9. The molecule has 1 atom stereocenters. The summed E-state index contributed by atoms with van der Waals surface area (Å²) >= 11 is 3.25. The zero-order valence-electron chi connectivity index (χ0n) is 12.6. The van der Waals surface area contributed by atoms with Crippen LogP contribution in [0.25, 0.3) is 11.6 Å². The van der Waals surface area contributed by atoms with Gasteiger partial charge in [0.15, 0.2) is 11.1 Å². The molecule has 0 amide bonds. The minimum Gasteiger partial charge on any atom is -0.306 e. The summed E-state index contributed by atoms with van der Waals surface area (Å²) in [4.78, 5) is 4.43. The van der Waals surface area contributed by atoms with Gasteiger partial charge in [-0.2, -0.15) is 0 Å². The second kappa shape index (κ2) is 7.98. The van der Waals surface area contributed by atoms with E-state index in [2.05, 4.69) is 33.1 Å². The molecular formula is C18H14BrNO2S2. The molecule has 1 heterocycles. The van der Waals surface area contributed by atoms with Crippen molar-refractivity contribution in [1.29, 1.82) is 0 Å². The van der Waals surface area contributed by atoms with E-state index in [9.17, 15) is 4.21 Å². The molecule has 24 heavy (non-hydrogen) atoms. The first-order valence-electron chi connectivity index (χ1n) is 7.16. The summed E-state index contributed by atoms with van der Waals surface area (Å²) in [5, 5.41) is 2.89. The van der Waals surface area contributed by atoms with Crippen molar-refractivity contribution in [2.45, 2.75) is 5.75 Å². The molecular weight excluding hydrogens is 406 g/mol. The van der Waals surface area contributed by atoms with Gasteiger partial charge in [-0.3, -0.25) is 0 Å². The van der Waals surface area contributed by atoms with Crippen molar-refractivity contribution in [3.8, 4) is 0 Å². The lowest BCUT2D eigenvalue weighted by molar-refractivity contribution is 0.563. The van der Waals surface area contributed by atoms with Crippen molar-refractivity contribution >= 4 is 50.0 Å². The summed E-state index contributed by atoms with van der Waals surface area (Å²) in [5.74, 6) is 0.141. The first kappa shape index (κ1) is 17.2. The van der Waals surface area contributed by atoms with E-state index in [1.807, 2.05) is 47.8 Å². The van der Waals surface area contributed by atoms with Gasteiger partial charge in [0.25, 0.3) is 0 Å². The molecule has 0 bridgehead atoms. The molecule has 1 unspecified atom stereocenters. The summed E-state index contributed by atoms with van der Waals surface area (Å²) in [6.07, 6.45) is 3.89. The predicted molar refractivity (Wildman–Crippen MR) is 104 cm³/mol.